The van der Waals surface area contributed by atoms with Crippen LogP contribution in [-0.4, -0.2) is 34.5 Å². The first-order chi connectivity index (χ1) is 14.7. The second-order valence-electron chi connectivity index (χ2n) is 7.14. The third kappa shape index (κ3) is 2.73. The lowest BCUT2D eigenvalue weighted by Gasteiger charge is -2.20. The van der Waals surface area contributed by atoms with E-state index in [1.807, 2.05) is 42.5 Å². The van der Waals surface area contributed by atoms with Crippen LogP contribution in [0.15, 0.2) is 96.1 Å². The minimum Gasteiger partial charge on any atom is -0.273 e. The average molecular weight is 395 g/mol. The summed E-state index contributed by atoms with van der Waals surface area (Å²) in [4.78, 5) is 41.1. The number of rotatable bonds is 3. The van der Waals surface area contributed by atoms with Gasteiger partial charge in [-0.2, -0.15) is 5.10 Å². The minimum absolute atomic E-state index is 0.373. The summed E-state index contributed by atoms with van der Waals surface area (Å²) in [6.45, 7) is 0. The molecule has 146 valence electrons. The molecule has 0 unspecified atom stereocenters. The summed E-state index contributed by atoms with van der Waals surface area (Å²) < 4.78 is 0. The van der Waals surface area contributed by atoms with E-state index in [0.29, 0.717) is 22.5 Å². The molecular formula is C24H17N3O3. The van der Waals surface area contributed by atoms with E-state index in [9.17, 15) is 14.4 Å². The monoisotopic (exact) mass is 395 g/mol. The standard InChI is InChI=1S/C24H17N3O3/c28-22(17-12-6-2-7-13-17)27-21-19(20(25-27)16-10-4-1-5-11-16)23(29)26(24(21)30)18-14-8-3-9-15-18/h1-15,19,21H/t19-,21-/m1/s1. The van der Waals surface area contributed by atoms with Crippen LogP contribution in [0.25, 0.3) is 0 Å². The number of anilines is 1. The predicted octanol–water partition coefficient (Wildman–Crippen LogP) is 3.10. The Hall–Kier alpha value is -4.06. The number of para-hydroxylation sites is 1. The highest BCUT2D eigenvalue weighted by atomic mass is 16.2. The minimum atomic E-state index is -0.999. The van der Waals surface area contributed by atoms with Crippen molar-refractivity contribution in [3.8, 4) is 0 Å². The van der Waals surface area contributed by atoms with Crippen LogP contribution in [0, 0.1) is 5.92 Å². The van der Waals surface area contributed by atoms with E-state index in [0.717, 1.165) is 4.90 Å². The quantitative estimate of drug-likeness (QED) is 0.640. The Labute approximate surface area is 173 Å². The van der Waals surface area contributed by atoms with E-state index < -0.39 is 23.8 Å². The SMILES string of the molecule is O=C1[C@@H]2C(c3ccccc3)=NN(C(=O)c3ccccc3)[C@H]2C(=O)N1c1ccccc1. The highest BCUT2D eigenvalue weighted by Crippen LogP contribution is 2.37. The number of hydrazone groups is 1. The number of benzene rings is 3. The fraction of sp³-hybridized carbons (Fsp3) is 0.0833. The van der Waals surface area contributed by atoms with Crippen LogP contribution in [0.2, 0.25) is 0 Å². The molecule has 2 atom stereocenters. The summed E-state index contributed by atoms with van der Waals surface area (Å²) in [5.41, 5.74) is 2.04. The Balaban J connectivity index is 1.62. The molecule has 6 nitrogen and oxygen atoms in total. The number of hydrogen-bond acceptors (Lipinski definition) is 4. The number of carbonyl (C=O) groups excluding carboxylic acids is 3. The zero-order valence-electron chi connectivity index (χ0n) is 15.9. The van der Waals surface area contributed by atoms with Crippen LogP contribution in [0.3, 0.4) is 0 Å². The molecule has 0 radical (unpaired) electrons. The summed E-state index contributed by atoms with van der Waals surface area (Å²) in [6, 6.07) is 25.6. The predicted molar refractivity (Wildman–Crippen MR) is 112 cm³/mol. The third-order valence-corrected chi connectivity index (χ3v) is 5.36. The number of carbonyl (C=O) groups is 3. The van der Waals surface area contributed by atoms with Crippen LogP contribution >= 0.6 is 0 Å². The second-order valence-corrected chi connectivity index (χ2v) is 7.14. The van der Waals surface area contributed by atoms with E-state index in [1.54, 1.807) is 48.5 Å². The Kier molecular flexibility index (Phi) is 4.25. The van der Waals surface area contributed by atoms with Crippen molar-refractivity contribution in [2.24, 2.45) is 11.0 Å². The number of imide groups is 1. The highest BCUT2D eigenvalue weighted by molar-refractivity contribution is 6.33. The molecule has 2 aliphatic rings. The molecule has 6 heteroatoms. The molecule has 0 N–H and O–H groups in total. The molecule has 2 heterocycles. The molecule has 5 rings (SSSR count). The molecule has 1 saturated heterocycles. The lowest BCUT2D eigenvalue weighted by Crippen LogP contribution is -2.42. The number of nitrogens with zero attached hydrogens (tertiary/aromatic N) is 3. The van der Waals surface area contributed by atoms with Gasteiger partial charge < -0.3 is 0 Å². The number of fused-ring (bicyclic) bond motifs is 1. The topological polar surface area (TPSA) is 70.0 Å². The van der Waals surface area contributed by atoms with Crippen LogP contribution in [-0.2, 0) is 9.59 Å². The van der Waals surface area contributed by atoms with Crippen molar-refractivity contribution < 1.29 is 14.4 Å². The van der Waals surface area contributed by atoms with E-state index in [-0.39, 0.29) is 5.91 Å². The molecule has 30 heavy (non-hydrogen) atoms. The van der Waals surface area contributed by atoms with Gasteiger partial charge in [0.15, 0.2) is 6.04 Å². The van der Waals surface area contributed by atoms with Crippen LogP contribution in [0.5, 0.6) is 0 Å². The Bertz CT molecular complexity index is 1160. The zero-order valence-corrected chi connectivity index (χ0v) is 15.9. The van der Waals surface area contributed by atoms with Crippen molar-refractivity contribution >= 4 is 29.1 Å². The van der Waals surface area contributed by atoms with Gasteiger partial charge in [-0.15, -0.1) is 0 Å². The zero-order chi connectivity index (χ0) is 20.7. The molecule has 0 aromatic heterocycles. The van der Waals surface area contributed by atoms with Gasteiger partial charge in [0.05, 0.1) is 11.4 Å². The molecule has 1 fully saturated rings. The summed E-state index contributed by atoms with van der Waals surface area (Å²) in [5.74, 6) is -2.07. The van der Waals surface area contributed by atoms with Crippen molar-refractivity contribution in [1.29, 1.82) is 0 Å². The molecule has 0 spiro atoms. The Morgan fingerprint density at radius 1 is 0.733 bits per heavy atom. The molecule has 3 amide bonds. The molecule has 0 bridgehead atoms. The van der Waals surface area contributed by atoms with Gasteiger partial charge in [0.1, 0.15) is 5.92 Å². The van der Waals surface area contributed by atoms with Gasteiger partial charge in [0.2, 0.25) is 5.91 Å². The van der Waals surface area contributed by atoms with Crippen LogP contribution in [0.4, 0.5) is 5.69 Å². The molecule has 0 aliphatic carbocycles. The van der Waals surface area contributed by atoms with Gasteiger partial charge in [0, 0.05) is 5.56 Å². The van der Waals surface area contributed by atoms with Crippen molar-refractivity contribution in [2.45, 2.75) is 6.04 Å². The van der Waals surface area contributed by atoms with Crippen LogP contribution < -0.4 is 4.90 Å². The van der Waals surface area contributed by atoms with Crippen LogP contribution in [0.1, 0.15) is 15.9 Å². The smallest absolute Gasteiger partial charge is 0.273 e. The Morgan fingerprint density at radius 3 is 1.93 bits per heavy atom. The molecule has 3 aromatic carbocycles. The van der Waals surface area contributed by atoms with Gasteiger partial charge in [-0.3, -0.25) is 14.4 Å². The molecule has 3 aromatic rings. The van der Waals surface area contributed by atoms with Crippen molar-refractivity contribution in [3.63, 3.8) is 0 Å². The van der Waals surface area contributed by atoms with E-state index in [2.05, 4.69) is 5.10 Å². The fourth-order valence-corrected chi connectivity index (χ4v) is 3.97. The van der Waals surface area contributed by atoms with E-state index in [4.69, 9.17) is 0 Å². The first-order valence-electron chi connectivity index (χ1n) is 9.62. The van der Waals surface area contributed by atoms with E-state index >= 15 is 0 Å². The lowest BCUT2D eigenvalue weighted by atomic mass is 9.93. The molecule has 0 saturated carbocycles. The maximum atomic E-state index is 13.4. The third-order valence-electron chi connectivity index (χ3n) is 5.36. The summed E-state index contributed by atoms with van der Waals surface area (Å²) in [7, 11) is 0. The average Bonchev–Trinajstić information content (AvgIpc) is 3.32. The van der Waals surface area contributed by atoms with Crippen molar-refractivity contribution in [2.75, 3.05) is 4.90 Å². The second kappa shape index (κ2) is 7.08. The maximum Gasteiger partial charge on any atom is 0.274 e. The number of hydrogen-bond donors (Lipinski definition) is 0. The fourth-order valence-electron chi connectivity index (χ4n) is 3.97. The highest BCUT2D eigenvalue weighted by Gasteiger charge is 2.58. The lowest BCUT2D eigenvalue weighted by molar-refractivity contribution is -0.122. The largest absolute Gasteiger partial charge is 0.274 e. The van der Waals surface area contributed by atoms with Crippen molar-refractivity contribution in [1.82, 2.24) is 5.01 Å². The summed E-state index contributed by atoms with van der Waals surface area (Å²) in [5, 5.41) is 5.65. The molecule has 2 aliphatic heterocycles. The van der Waals surface area contributed by atoms with Gasteiger partial charge in [0.25, 0.3) is 11.8 Å². The normalized spacial score (nSPS) is 20.3. The summed E-state index contributed by atoms with van der Waals surface area (Å²) in [6.07, 6.45) is 0. The van der Waals surface area contributed by atoms with Gasteiger partial charge in [-0.05, 0) is 29.8 Å². The first-order valence-corrected chi connectivity index (χ1v) is 9.62. The van der Waals surface area contributed by atoms with Gasteiger partial charge in [-0.25, -0.2) is 9.91 Å². The Morgan fingerprint density at radius 2 is 1.30 bits per heavy atom. The van der Waals surface area contributed by atoms with E-state index in [1.165, 1.54) is 5.01 Å². The first kappa shape index (κ1) is 18.0. The maximum absolute atomic E-state index is 13.4. The van der Waals surface area contributed by atoms with Crippen molar-refractivity contribution in [3.05, 3.63) is 102 Å². The van der Waals surface area contributed by atoms with Gasteiger partial charge >= 0.3 is 0 Å². The summed E-state index contributed by atoms with van der Waals surface area (Å²) >= 11 is 0. The number of amides is 3. The molecular weight excluding hydrogens is 378 g/mol. The van der Waals surface area contributed by atoms with Gasteiger partial charge in [-0.1, -0.05) is 66.7 Å².